The molecule has 1 aromatic rings. The van der Waals surface area contributed by atoms with Crippen molar-refractivity contribution in [3.63, 3.8) is 0 Å². The Morgan fingerprint density at radius 2 is 2.11 bits per heavy atom. The Balaban J connectivity index is 1.69. The van der Waals surface area contributed by atoms with E-state index in [-0.39, 0.29) is 0 Å². The number of benzene rings is 1. The first-order valence-corrected chi connectivity index (χ1v) is 7.69. The summed E-state index contributed by atoms with van der Waals surface area (Å²) < 4.78 is 6.02. The lowest BCUT2D eigenvalue weighted by atomic mass is 9.97. The molecule has 0 saturated carbocycles. The van der Waals surface area contributed by atoms with Gasteiger partial charge in [-0.25, -0.2) is 0 Å². The maximum Gasteiger partial charge on any atom is 0.0735 e. The van der Waals surface area contributed by atoms with Crippen molar-refractivity contribution in [1.82, 2.24) is 5.32 Å². The third-order valence-electron chi connectivity index (χ3n) is 4.70. The number of hydrogen-bond donors (Lipinski definition) is 1. The first kappa shape index (κ1) is 13.1. The van der Waals surface area contributed by atoms with Crippen molar-refractivity contribution in [2.45, 2.75) is 63.7 Å². The second kappa shape index (κ2) is 5.64. The number of fused-ring (bicyclic) bond motifs is 1. The number of rotatable bonds is 4. The van der Waals surface area contributed by atoms with Crippen molar-refractivity contribution in [3.8, 4) is 0 Å². The fourth-order valence-electron chi connectivity index (χ4n) is 3.55. The van der Waals surface area contributed by atoms with Gasteiger partial charge in [-0.15, -0.1) is 0 Å². The van der Waals surface area contributed by atoms with Crippen LogP contribution < -0.4 is 5.32 Å². The molecule has 1 fully saturated rings. The zero-order valence-corrected chi connectivity index (χ0v) is 12.1. The van der Waals surface area contributed by atoms with E-state index < -0.39 is 0 Å². The molecule has 2 heteroatoms. The SMILES string of the molecule is CNC(Cc1ccc2c(c1)CCC2)C1CCC(C)O1. The highest BCUT2D eigenvalue weighted by atomic mass is 16.5. The molecule has 1 aliphatic heterocycles. The Morgan fingerprint density at radius 3 is 2.84 bits per heavy atom. The first-order valence-electron chi connectivity index (χ1n) is 7.69. The van der Waals surface area contributed by atoms with Crippen LogP contribution in [-0.4, -0.2) is 25.3 Å². The van der Waals surface area contributed by atoms with E-state index in [2.05, 4.69) is 37.5 Å². The molecule has 1 N–H and O–H groups in total. The minimum atomic E-state index is 0.383. The third-order valence-corrected chi connectivity index (χ3v) is 4.70. The normalized spacial score (nSPS) is 27.5. The summed E-state index contributed by atoms with van der Waals surface area (Å²) in [5.74, 6) is 0. The summed E-state index contributed by atoms with van der Waals surface area (Å²) in [6, 6.07) is 7.52. The quantitative estimate of drug-likeness (QED) is 0.897. The predicted octanol–water partition coefficient (Wildman–Crippen LogP) is 2.87. The third kappa shape index (κ3) is 2.85. The molecule has 2 nitrogen and oxygen atoms in total. The van der Waals surface area contributed by atoms with E-state index in [1.165, 1.54) is 37.7 Å². The Bertz CT molecular complexity index is 443. The fourth-order valence-corrected chi connectivity index (χ4v) is 3.55. The van der Waals surface area contributed by atoms with E-state index in [1.54, 1.807) is 11.1 Å². The van der Waals surface area contributed by atoms with Crippen molar-refractivity contribution in [2.75, 3.05) is 7.05 Å². The molecule has 0 spiro atoms. The molecule has 19 heavy (non-hydrogen) atoms. The van der Waals surface area contributed by atoms with Gasteiger partial charge in [0.15, 0.2) is 0 Å². The summed E-state index contributed by atoms with van der Waals surface area (Å²) in [6.07, 6.45) is 8.16. The molecule has 2 aliphatic rings. The standard InChI is InChI=1S/C17H25NO/c1-12-6-9-17(19-12)16(18-2)11-13-7-8-14-4-3-5-15(14)10-13/h7-8,10,12,16-18H,3-6,9,11H2,1-2H3. The molecule has 3 unspecified atom stereocenters. The molecule has 0 radical (unpaired) electrons. The lowest BCUT2D eigenvalue weighted by Crippen LogP contribution is -2.39. The van der Waals surface area contributed by atoms with Crippen LogP contribution in [0.3, 0.4) is 0 Å². The predicted molar refractivity (Wildman–Crippen MR) is 78.6 cm³/mol. The highest BCUT2D eigenvalue weighted by Crippen LogP contribution is 2.26. The van der Waals surface area contributed by atoms with Crippen LogP contribution in [0.5, 0.6) is 0 Å². The van der Waals surface area contributed by atoms with Gasteiger partial charge in [-0.1, -0.05) is 18.2 Å². The molecule has 0 aromatic heterocycles. The van der Waals surface area contributed by atoms with E-state index in [1.807, 2.05) is 0 Å². The summed E-state index contributed by atoms with van der Waals surface area (Å²) in [6.45, 7) is 2.18. The summed E-state index contributed by atoms with van der Waals surface area (Å²) in [7, 11) is 2.06. The maximum atomic E-state index is 6.02. The highest BCUT2D eigenvalue weighted by Gasteiger charge is 2.28. The second-order valence-electron chi connectivity index (χ2n) is 6.12. The van der Waals surface area contributed by atoms with Crippen LogP contribution in [0.2, 0.25) is 0 Å². The van der Waals surface area contributed by atoms with Crippen molar-refractivity contribution in [1.29, 1.82) is 0 Å². The lowest BCUT2D eigenvalue weighted by Gasteiger charge is -2.23. The molecule has 1 aliphatic carbocycles. The summed E-state index contributed by atoms with van der Waals surface area (Å²) in [5, 5.41) is 3.46. The van der Waals surface area contributed by atoms with E-state index in [4.69, 9.17) is 4.74 Å². The van der Waals surface area contributed by atoms with Crippen molar-refractivity contribution in [3.05, 3.63) is 34.9 Å². The van der Waals surface area contributed by atoms with E-state index >= 15 is 0 Å². The lowest BCUT2D eigenvalue weighted by molar-refractivity contribution is 0.0337. The molecule has 0 bridgehead atoms. The molecule has 1 aromatic carbocycles. The molecule has 3 atom stereocenters. The van der Waals surface area contributed by atoms with Crippen LogP contribution in [0.4, 0.5) is 0 Å². The van der Waals surface area contributed by atoms with E-state index in [9.17, 15) is 0 Å². The highest BCUT2D eigenvalue weighted by molar-refractivity contribution is 5.35. The van der Waals surface area contributed by atoms with Crippen molar-refractivity contribution >= 4 is 0 Å². The van der Waals surface area contributed by atoms with Crippen molar-refractivity contribution in [2.24, 2.45) is 0 Å². The van der Waals surface area contributed by atoms with Gasteiger partial charge in [0, 0.05) is 6.04 Å². The molecular weight excluding hydrogens is 234 g/mol. The zero-order chi connectivity index (χ0) is 13.2. The number of likely N-dealkylation sites (N-methyl/N-ethyl adjacent to an activating group) is 1. The Labute approximate surface area is 116 Å². The van der Waals surface area contributed by atoms with Crippen LogP contribution in [0.25, 0.3) is 0 Å². The van der Waals surface area contributed by atoms with Crippen LogP contribution in [0, 0.1) is 0 Å². The second-order valence-corrected chi connectivity index (χ2v) is 6.12. The van der Waals surface area contributed by atoms with Gasteiger partial charge in [0.25, 0.3) is 0 Å². The Kier molecular flexibility index (Phi) is 3.90. The molecule has 3 rings (SSSR count). The van der Waals surface area contributed by atoms with Gasteiger partial charge in [-0.3, -0.25) is 0 Å². The van der Waals surface area contributed by atoms with Gasteiger partial charge in [-0.2, -0.15) is 0 Å². The zero-order valence-electron chi connectivity index (χ0n) is 12.1. The number of aryl methyl sites for hydroxylation is 2. The Hall–Kier alpha value is -0.860. The number of ether oxygens (including phenoxy) is 1. The fraction of sp³-hybridized carbons (Fsp3) is 0.647. The average Bonchev–Trinajstić information content (AvgIpc) is 3.04. The van der Waals surface area contributed by atoms with E-state index in [0.717, 1.165) is 6.42 Å². The largest absolute Gasteiger partial charge is 0.374 e. The molecule has 104 valence electrons. The number of hydrogen-bond acceptors (Lipinski definition) is 2. The monoisotopic (exact) mass is 259 g/mol. The molecule has 0 amide bonds. The summed E-state index contributed by atoms with van der Waals surface area (Å²) in [5.41, 5.74) is 4.60. The molecular formula is C17H25NO. The topological polar surface area (TPSA) is 21.3 Å². The molecule has 1 heterocycles. The van der Waals surface area contributed by atoms with Gasteiger partial charge >= 0.3 is 0 Å². The van der Waals surface area contributed by atoms with Crippen LogP contribution in [0.15, 0.2) is 18.2 Å². The average molecular weight is 259 g/mol. The maximum absolute atomic E-state index is 6.02. The van der Waals surface area contributed by atoms with Gasteiger partial charge in [0.1, 0.15) is 0 Å². The Morgan fingerprint density at radius 1 is 1.26 bits per heavy atom. The minimum Gasteiger partial charge on any atom is -0.374 e. The van der Waals surface area contributed by atoms with Gasteiger partial charge in [0.05, 0.1) is 12.2 Å². The summed E-state index contributed by atoms with van der Waals surface area (Å²) in [4.78, 5) is 0. The number of nitrogens with one attached hydrogen (secondary N) is 1. The summed E-state index contributed by atoms with van der Waals surface area (Å²) >= 11 is 0. The van der Waals surface area contributed by atoms with Crippen molar-refractivity contribution < 1.29 is 4.74 Å². The first-order chi connectivity index (χ1) is 9.26. The molecule has 1 saturated heterocycles. The smallest absolute Gasteiger partial charge is 0.0735 e. The van der Waals surface area contributed by atoms with Crippen LogP contribution in [-0.2, 0) is 24.0 Å². The van der Waals surface area contributed by atoms with Gasteiger partial charge in [0.2, 0.25) is 0 Å². The van der Waals surface area contributed by atoms with E-state index in [0.29, 0.717) is 18.2 Å². The van der Waals surface area contributed by atoms with Crippen LogP contribution in [0.1, 0.15) is 42.9 Å². The van der Waals surface area contributed by atoms with Gasteiger partial charge in [-0.05, 0) is 69.2 Å². The van der Waals surface area contributed by atoms with Crippen LogP contribution >= 0.6 is 0 Å². The minimum absolute atomic E-state index is 0.383. The van der Waals surface area contributed by atoms with Gasteiger partial charge < -0.3 is 10.1 Å².